The highest BCUT2D eigenvalue weighted by Gasteiger charge is 2.16. The lowest BCUT2D eigenvalue weighted by Crippen LogP contribution is -2.28. The van der Waals surface area contributed by atoms with E-state index in [1.54, 1.807) is 12.1 Å². The van der Waals surface area contributed by atoms with Crippen LogP contribution in [-0.4, -0.2) is 21.0 Å². The maximum atomic E-state index is 12.3. The lowest BCUT2D eigenvalue weighted by atomic mass is 10.1. The molecule has 0 aliphatic heterocycles. The summed E-state index contributed by atoms with van der Waals surface area (Å²) in [4.78, 5) is 0.348. The number of benzene rings is 1. The third-order valence-electron chi connectivity index (χ3n) is 3.25. The Labute approximate surface area is 129 Å². The summed E-state index contributed by atoms with van der Waals surface area (Å²) in [5.41, 5.74) is 2.24. The SMILES string of the molecule is CCc1ccc(S(=O)(=O)NCC(C)C)cc1CNC(C)C. The third kappa shape index (κ3) is 5.77. The summed E-state index contributed by atoms with van der Waals surface area (Å²) in [6.07, 6.45) is 0.898. The van der Waals surface area contributed by atoms with Crippen LogP contribution in [0.1, 0.15) is 45.7 Å². The molecular formula is C16H28N2O2S. The minimum atomic E-state index is -3.42. The molecule has 0 bridgehead atoms. The molecule has 0 unspecified atom stereocenters. The first-order chi connectivity index (χ1) is 9.76. The largest absolute Gasteiger partial charge is 0.310 e. The molecule has 0 aliphatic rings. The Morgan fingerprint density at radius 2 is 1.76 bits per heavy atom. The molecule has 2 N–H and O–H groups in total. The van der Waals surface area contributed by atoms with E-state index in [4.69, 9.17) is 0 Å². The highest BCUT2D eigenvalue weighted by Crippen LogP contribution is 2.17. The lowest BCUT2D eigenvalue weighted by Gasteiger charge is -2.14. The summed E-state index contributed by atoms with van der Waals surface area (Å²) in [7, 11) is -3.42. The van der Waals surface area contributed by atoms with Crippen molar-refractivity contribution in [2.75, 3.05) is 6.54 Å². The maximum Gasteiger partial charge on any atom is 0.240 e. The van der Waals surface area contributed by atoms with Gasteiger partial charge in [0, 0.05) is 19.1 Å². The topological polar surface area (TPSA) is 58.2 Å². The summed E-state index contributed by atoms with van der Waals surface area (Å²) >= 11 is 0. The van der Waals surface area contributed by atoms with Gasteiger partial charge in [0.2, 0.25) is 10.0 Å². The fourth-order valence-electron chi connectivity index (χ4n) is 1.95. The molecule has 0 amide bonds. The molecule has 0 saturated heterocycles. The van der Waals surface area contributed by atoms with Crippen LogP contribution in [0.4, 0.5) is 0 Å². The van der Waals surface area contributed by atoms with Crippen molar-refractivity contribution in [2.24, 2.45) is 5.92 Å². The summed E-state index contributed by atoms with van der Waals surface area (Å²) in [5.74, 6) is 0.289. The Kier molecular flexibility index (Phi) is 6.84. The van der Waals surface area contributed by atoms with Crippen molar-refractivity contribution in [1.82, 2.24) is 10.0 Å². The Balaban J connectivity index is 3.00. The van der Waals surface area contributed by atoms with E-state index in [0.29, 0.717) is 24.0 Å². The molecule has 120 valence electrons. The predicted molar refractivity (Wildman–Crippen MR) is 87.8 cm³/mol. The fourth-order valence-corrected chi connectivity index (χ4v) is 3.22. The summed E-state index contributed by atoms with van der Waals surface area (Å²) in [6.45, 7) is 11.4. The Morgan fingerprint density at radius 1 is 1.10 bits per heavy atom. The summed E-state index contributed by atoms with van der Waals surface area (Å²) in [6, 6.07) is 5.77. The van der Waals surface area contributed by atoms with E-state index in [1.165, 1.54) is 5.56 Å². The van der Waals surface area contributed by atoms with Crippen LogP contribution >= 0.6 is 0 Å². The van der Waals surface area contributed by atoms with E-state index in [0.717, 1.165) is 12.0 Å². The smallest absolute Gasteiger partial charge is 0.240 e. The molecule has 1 aromatic rings. The standard InChI is InChI=1S/C16H28N2O2S/c1-6-14-7-8-16(9-15(14)11-17-13(4)5)21(19,20)18-10-12(2)3/h7-9,12-13,17-18H,6,10-11H2,1-5H3. The molecule has 1 rings (SSSR count). The minimum Gasteiger partial charge on any atom is -0.310 e. The normalized spacial score (nSPS) is 12.3. The van der Waals surface area contributed by atoms with Crippen molar-refractivity contribution in [2.45, 2.75) is 58.5 Å². The molecule has 0 fully saturated rings. The van der Waals surface area contributed by atoms with Crippen LogP contribution in [0.3, 0.4) is 0 Å². The second kappa shape index (κ2) is 7.92. The molecule has 0 saturated carbocycles. The number of nitrogens with one attached hydrogen (secondary N) is 2. The van der Waals surface area contributed by atoms with Gasteiger partial charge in [0.05, 0.1) is 4.90 Å². The van der Waals surface area contributed by atoms with Gasteiger partial charge in [-0.25, -0.2) is 13.1 Å². The second-order valence-corrected chi connectivity index (χ2v) is 7.83. The molecule has 0 radical (unpaired) electrons. The van der Waals surface area contributed by atoms with Crippen molar-refractivity contribution < 1.29 is 8.42 Å². The molecule has 1 aromatic carbocycles. The van der Waals surface area contributed by atoms with E-state index in [1.807, 2.05) is 19.9 Å². The van der Waals surface area contributed by atoms with E-state index in [-0.39, 0.29) is 5.92 Å². The van der Waals surface area contributed by atoms with Gasteiger partial charge in [0.15, 0.2) is 0 Å². The number of aryl methyl sites for hydroxylation is 1. The number of hydrogen-bond donors (Lipinski definition) is 2. The zero-order chi connectivity index (χ0) is 16.0. The Bertz CT molecular complexity index is 551. The van der Waals surface area contributed by atoms with Crippen molar-refractivity contribution >= 4 is 10.0 Å². The first-order valence-electron chi connectivity index (χ1n) is 7.61. The first-order valence-corrected chi connectivity index (χ1v) is 9.09. The maximum absolute atomic E-state index is 12.3. The molecule has 0 aromatic heterocycles. The van der Waals surface area contributed by atoms with E-state index >= 15 is 0 Å². The van der Waals surface area contributed by atoms with Crippen LogP contribution in [0.2, 0.25) is 0 Å². The molecule has 0 atom stereocenters. The lowest BCUT2D eigenvalue weighted by molar-refractivity contribution is 0.559. The zero-order valence-electron chi connectivity index (χ0n) is 13.7. The Hall–Kier alpha value is -0.910. The van der Waals surface area contributed by atoms with Gasteiger partial charge in [-0.05, 0) is 35.6 Å². The highest BCUT2D eigenvalue weighted by molar-refractivity contribution is 7.89. The van der Waals surface area contributed by atoms with Gasteiger partial charge in [-0.3, -0.25) is 0 Å². The van der Waals surface area contributed by atoms with Crippen molar-refractivity contribution in [3.8, 4) is 0 Å². The van der Waals surface area contributed by atoms with Gasteiger partial charge in [-0.1, -0.05) is 40.7 Å². The van der Waals surface area contributed by atoms with E-state index in [9.17, 15) is 8.42 Å². The van der Waals surface area contributed by atoms with Gasteiger partial charge in [0.1, 0.15) is 0 Å². The van der Waals surface area contributed by atoms with Gasteiger partial charge in [0.25, 0.3) is 0 Å². The highest BCUT2D eigenvalue weighted by atomic mass is 32.2. The van der Waals surface area contributed by atoms with Crippen molar-refractivity contribution in [3.05, 3.63) is 29.3 Å². The molecule has 5 heteroatoms. The second-order valence-electron chi connectivity index (χ2n) is 6.07. The van der Waals surface area contributed by atoms with Crippen LogP contribution in [-0.2, 0) is 23.0 Å². The molecule has 21 heavy (non-hydrogen) atoms. The van der Waals surface area contributed by atoms with Crippen LogP contribution in [0.5, 0.6) is 0 Å². The van der Waals surface area contributed by atoms with Crippen molar-refractivity contribution in [3.63, 3.8) is 0 Å². The number of sulfonamides is 1. The van der Waals surface area contributed by atoms with Gasteiger partial charge < -0.3 is 5.32 Å². The van der Waals surface area contributed by atoms with Gasteiger partial charge in [-0.2, -0.15) is 0 Å². The molecule has 0 heterocycles. The number of hydrogen-bond acceptors (Lipinski definition) is 3. The Morgan fingerprint density at radius 3 is 2.29 bits per heavy atom. The van der Waals surface area contributed by atoms with Crippen molar-refractivity contribution in [1.29, 1.82) is 0 Å². The first kappa shape index (κ1) is 18.1. The van der Waals surface area contributed by atoms with Gasteiger partial charge in [-0.15, -0.1) is 0 Å². The van der Waals surface area contributed by atoms with Gasteiger partial charge >= 0.3 is 0 Å². The molecule has 4 nitrogen and oxygen atoms in total. The predicted octanol–water partition coefficient (Wildman–Crippen LogP) is 2.68. The average molecular weight is 312 g/mol. The summed E-state index contributed by atoms with van der Waals surface area (Å²) < 4.78 is 27.2. The quantitative estimate of drug-likeness (QED) is 0.776. The third-order valence-corrected chi connectivity index (χ3v) is 4.67. The van der Waals surface area contributed by atoms with E-state index in [2.05, 4.69) is 30.8 Å². The minimum absolute atomic E-state index is 0.289. The van der Waals surface area contributed by atoms with Crippen LogP contribution < -0.4 is 10.0 Å². The molecule has 0 spiro atoms. The van der Waals surface area contributed by atoms with E-state index < -0.39 is 10.0 Å². The summed E-state index contributed by atoms with van der Waals surface area (Å²) in [5, 5.41) is 3.35. The van der Waals surface area contributed by atoms with Crippen LogP contribution in [0, 0.1) is 5.92 Å². The number of rotatable bonds is 8. The van der Waals surface area contributed by atoms with Crippen LogP contribution in [0.25, 0.3) is 0 Å². The fraction of sp³-hybridized carbons (Fsp3) is 0.625. The average Bonchev–Trinajstić information content (AvgIpc) is 2.42. The van der Waals surface area contributed by atoms with Crippen LogP contribution in [0.15, 0.2) is 23.1 Å². The molecule has 0 aliphatic carbocycles. The monoisotopic (exact) mass is 312 g/mol. The molecular weight excluding hydrogens is 284 g/mol. The zero-order valence-corrected chi connectivity index (χ0v) is 14.5.